The molecule has 0 aromatic heterocycles. The third kappa shape index (κ3) is 1.84. The largest absolute Gasteiger partial charge is 0.441 e. The van der Waals surface area contributed by atoms with Crippen LogP contribution in [-0.2, 0) is 4.74 Å². The van der Waals surface area contributed by atoms with E-state index in [0.29, 0.717) is 24.3 Å². The summed E-state index contributed by atoms with van der Waals surface area (Å²) in [6, 6.07) is 0. The molecule has 2 aliphatic rings. The molecule has 1 saturated carbocycles. The fourth-order valence-corrected chi connectivity index (χ4v) is 3.31. The highest BCUT2D eigenvalue weighted by Crippen LogP contribution is 2.44. The second-order valence-corrected chi connectivity index (χ2v) is 5.55. The summed E-state index contributed by atoms with van der Waals surface area (Å²) in [5.74, 6) is 1.78. The van der Waals surface area contributed by atoms with Gasteiger partial charge in [0.1, 0.15) is 5.60 Å². The maximum absolute atomic E-state index is 11.3. The first-order chi connectivity index (χ1) is 7.03. The Bertz CT molecular complexity index is 264. The van der Waals surface area contributed by atoms with E-state index in [0.717, 1.165) is 6.42 Å². The minimum atomic E-state index is -0.227. The number of ether oxygens (including phenoxy) is 1. The van der Waals surface area contributed by atoms with Gasteiger partial charge < -0.3 is 10.1 Å². The number of carbonyl (C=O) groups is 1. The summed E-state index contributed by atoms with van der Waals surface area (Å²) in [5.41, 5.74) is -0.205. The average molecular weight is 211 g/mol. The molecule has 0 radical (unpaired) electrons. The lowest BCUT2D eigenvalue weighted by Gasteiger charge is -2.43. The molecule has 2 fully saturated rings. The first kappa shape index (κ1) is 10.8. The van der Waals surface area contributed by atoms with E-state index < -0.39 is 0 Å². The van der Waals surface area contributed by atoms with Crippen molar-refractivity contribution < 1.29 is 9.53 Å². The molecule has 1 aliphatic heterocycles. The Morgan fingerprint density at radius 1 is 1.47 bits per heavy atom. The van der Waals surface area contributed by atoms with E-state index in [-0.39, 0.29) is 11.7 Å². The van der Waals surface area contributed by atoms with Crippen molar-refractivity contribution >= 4 is 6.09 Å². The number of rotatable bonds is 1. The fourth-order valence-electron chi connectivity index (χ4n) is 3.31. The topological polar surface area (TPSA) is 38.3 Å². The smallest absolute Gasteiger partial charge is 0.407 e. The summed E-state index contributed by atoms with van der Waals surface area (Å²) in [6.45, 7) is 7.42. The van der Waals surface area contributed by atoms with E-state index in [2.05, 4.69) is 26.1 Å². The molecule has 3 unspecified atom stereocenters. The van der Waals surface area contributed by atoms with E-state index in [4.69, 9.17) is 4.74 Å². The Hall–Kier alpha value is -0.730. The Balaban J connectivity index is 2.19. The Morgan fingerprint density at radius 2 is 2.20 bits per heavy atom. The molecule has 1 heterocycles. The number of amides is 1. The summed E-state index contributed by atoms with van der Waals surface area (Å²) in [5, 5.41) is 2.82. The lowest BCUT2D eigenvalue weighted by molar-refractivity contribution is -0.0546. The van der Waals surface area contributed by atoms with Crippen molar-refractivity contribution in [1.82, 2.24) is 5.32 Å². The van der Waals surface area contributed by atoms with Crippen molar-refractivity contribution in [3.8, 4) is 0 Å². The molecule has 15 heavy (non-hydrogen) atoms. The van der Waals surface area contributed by atoms with E-state index in [1.54, 1.807) is 0 Å². The second-order valence-electron chi connectivity index (χ2n) is 5.55. The molecular weight excluding hydrogens is 190 g/mol. The average Bonchev–Trinajstić information content (AvgIpc) is 2.47. The van der Waals surface area contributed by atoms with Crippen LogP contribution < -0.4 is 5.32 Å². The van der Waals surface area contributed by atoms with Gasteiger partial charge in [0.05, 0.1) is 6.54 Å². The van der Waals surface area contributed by atoms with Crippen LogP contribution in [-0.4, -0.2) is 18.2 Å². The van der Waals surface area contributed by atoms with Gasteiger partial charge in [-0.2, -0.15) is 0 Å². The lowest BCUT2D eigenvalue weighted by atomic mass is 9.67. The quantitative estimate of drug-likeness (QED) is 0.724. The molecule has 86 valence electrons. The lowest BCUT2D eigenvalue weighted by Crippen LogP contribution is -2.48. The SMILES string of the molecule is CC1CCC(C(C)C)C2(CNC(=O)O2)C1. The zero-order valence-electron chi connectivity index (χ0n) is 9.88. The third-order valence-corrected chi connectivity index (χ3v) is 3.97. The van der Waals surface area contributed by atoms with Gasteiger partial charge in [0, 0.05) is 5.92 Å². The van der Waals surface area contributed by atoms with Crippen LogP contribution in [0.25, 0.3) is 0 Å². The van der Waals surface area contributed by atoms with E-state index in [1.807, 2.05) is 0 Å². The van der Waals surface area contributed by atoms with Crippen molar-refractivity contribution in [2.24, 2.45) is 17.8 Å². The van der Waals surface area contributed by atoms with Crippen LogP contribution in [0.15, 0.2) is 0 Å². The van der Waals surface area contributed by atoms with Gasteiger partial charge in [-0.15, -0.1) is 0 Å². The number of hydrogen-bond donors (Lipinski definition) is 1. The molecule has 0 aromatic rings. The van der Waals surface area contributed by atoms with Gasteiger partial charge in [-0.05, 0) is 24.7 Å². The molecular formula is C12H21NO2. The molecule has 0 aromatic carbocycles. The van der Waals surface area contributed by atoms with Gasteiger partial charge >= 0.3 is 6.09 Å². The van der Waals surface area contributed by atoms with Crippen molar-refractivity contribution in [2.75, 3.05) is 6.54 Å². The highest BCUT2D eigenvalue weighted by molar-refractivity contribution is 5.70. The van der Waals surface area contributed by atoms with E-state index in [1.165, 1.54) is 12.8 Å². The molecule has 0 bridgehead atoms. The number of nitrogens with one attached hydrogen (secondary N) is 1. The molecule has 1 spiro atoms. The predicted octanol–water partition coefficient (Wildman–Crippen LogP) is 2.56. The molecule has 1 amide bonds. The standard InChI is InChI=1S/C12H21NO2/c1-8(2)10-5-4-9(3)6-12(10)7-13-11(14)15-12/h8-10H,4-7H2,1-3H3,(H,13,14). The zero-order valence-corrected chi connectivity index (χ0v) is 9.88. The number of alkyl carbamates (subject to hydrolysis) is 1. The molecule has 1 N–H and O–H groups in total. The van der Waals surface area contributed by atoms with Crippen LogP contribution in [0.2, 0.25) is 0 Å². The number of carbonyl (C=O) groups excluding carboxylic acids is 1. The minimum Gasteiger partial charge on any atom is -0.441 e. The van der Waals surface area contributed by atoms with Gasteiger partial charge in [-0.1, -0.05) is 27.2 Å². The van der Waals surface area contributed by atoms with Crippen LogP contribution in [0.4, 0.5) is 4.79 Å². The highest BCUT2D eigenvalue weighted by atomic mass is 16.6. The van der Waals surface area contributed by atoms with Gasteiger partial charge in [-0.25, -0.2) is 4.79 Å². The fraction of sp³-hybridized carbons (Fsp3) is 0.917. The van der Waals surface area contributed by atoms with Gasteiger partial charge in [0.2, 0.25) is 0 Å². The zero-order chi connectivity index (χ0) is 11.1. The van der Waals surface area contributed by atoms with Gasteiger partial charge in [-0.3, -0.25) is 0 Å². The van der Waals surface area contributed by atoms with Crippen LogP contribution in [0, 0.1) is 17.8 Å². The summed E-state index contributed by atoms with van der Waals surface area (Å²) in [6.07, 6.45) is 3.25. The molecule has 1 saturated heterocycles. The monoisotopic (exact) mass is 211 g/mol. The van der Waals surface area contributed by atoms with E-state index >= 15 is 0 Å². The van der Waals surface area contributed by atoms with Crippen LogP contribution in [0.3, 0.4) is 0 Å². The predicted molar refractivity (Wildman–Crippen MR) is 58.6 cm³/mol. The first-order valence-electron chi connectivity index (χ1n) is 6.00. The Morgan fingerprint density at radius 3 is 2.73 bits per heavy atom. The normalized spacial score (nSPS) is 40.7. The summed E-state index contributed by atoms with van der Waals surface area (Å²) >= 11 is 0. The maximum atomic E-state index is 11.3. The van der Waals surface area contributed by atoms with Gasteiger partial charge in [0.15, 0.2) is 0 Å². The van der Waals surface area contributed by atoms with Crippen molar-refractivity contribution in [3.05, 3.63) is 0 Å². The summed E-state index contributed by atoms with van der Waals surface area (Å²) in [7, 11) is 0. The van der Waals surface area contributed by atoms with Crippen LogP contribution in [0.5, 0.6) is 0 Å². The molecule has 3 atom stereocenters. The van der Waals surface area contributed by atoms with E-state index in [9.17, 15) is 4.79 Å². The number of hydrogen-bond acceptors (Lipinski definition) is 2. The molecule has 3 nitrogen and oxygen atoms in total. The molecule has 2 rings (SSSR count). The third-order valence-electron chi connectivity index (χ3n) is 3.97. The van der Waals surface area contributed by atoms with Crippen LogP contribution >= 0.6 is 0 Å². The van der Waals surface area contributed by atoms with Crippen molar-refractivity contribution in [1.29, 1.82) is 0 Å². The summed E-state index contributed by atoms with van der Waals surface area (Å²) < 4.78 is 5.58. The Kier molecular flexibility index (Phi) is 2.65. The first-order valence-corrected chi connectivity index (χ1v) is 6.00. The van der Waals surface area contributed by atoms with Crippen LogP contribution in [0.1, 0.15) is 40.0 Å². The summed E-state index contributed by atoms with van der Waals surface area (Å²) in [4.78, 5) is 11.3. The van der Waals surface area contributed by atoms with Crippen molar-refractivity contribution in [2.45, 2.75) is 45.6 Å². The maximum Gasteiger partial charge on any atom is 0.407 e. The minimum absolute atomic E-state index is 0.205. The molecule has 1 aliphatic carbocycles. The Labute approximate surface area is 91.6 Å². The highest BCUT2D eigenvalue weighted by Gasteiger charge is 2.50. The molecule has 3 heteroatoms. The van der Waals surface area contributed by atoms with Crippen molar-refractivity contribution in [3.63, 3.8) is 0 Å². The van der Waals surface area contributed by atoms with Gasteiger partial charge in [0.25, 0.3) is 0 Å². The second kappa shape index (κ2) is 3.69.